The van der Waals surface area contributed by atoms with Crippen LogP contribution in [0.4, 0.5) is 29.3 Å². The third-order valence-corrected chi connectivity index (χ3v) is 7.80. The van der Waals surface area contributed by atoms with Gasteiger partial charge in [-0.15, -0.1) is 0 Å². The minimum Gasteiger partial charge on any atom is -0.308 e. The van der Waals surface area contributed by atoms with Gasteiger partial charge in [0.2, 0.25) is 0 Å². The minimum atomic E-state index is -4.47. The Labute approximate surface area is 219 Å². The number of benzene rings is 2. The molecule has 4 rings (SSSR count). The molecule has 0 aliphatic carbocycles. The van der Waals surface area contributed by atoms with Gasteiger partial charge < -0.3 is 4.90 Å². The molecule has 1 fully saturated rings. The van der Waals surface area contributed by atoms with Crippen molar-refractivity contribution in [3.63, 3.8) is 0 Å². The number of imide groups is 1. The first-order chi connectivity index (χ1) is 17.4. The number of anilines is 2. The van der Waals surface area contributed by atoms with Crippen molar-refractivity contribution in [1.82, 2.24) is 9.88 Å². The zero-order chi connectivity index (χ0) is 27.0. The maximum absolute atomic E-state index is 13.2. The SMILES string of the molecule is CC1C(=O)N(c2ccc(SC(F)(F)F)cc2)C(=O)N1Cc1ccncc1NS(=O)(=O)c1ccc(Cl)cc1. The summed E-state index contributed by atoms with van der Waals surface area (Å²) < 4.78 is 65.9. The van der Waals surface area contributed by atoms with Crippen LogP contribution in [-0.4, -0.2) is 41.8 Å². The van der Waals surface area contributed by atoms with E-state index in [0.29, 0.717) is 10.6 Å². The molecule has 3 amide bonds. The third kappa shape index (κ3) is 6.00. The maximum atomic E-state index is 13.2. The zero-order valence-electron chi connectivity index (χ0n) is 18.9. The van der Waals surface area contributed by atoms with E-state index in [1.54, 1.807) is 0 Å². The molecule has 1 aromatic heterocycles. The highest BCUT2D eigenvalue weighted by Gasteiger charge is 2.43. The summed E-state index contributed by atoms with van der Waals surface area (Å²) in [6.07, 6.45) is 2.70. The van der Waals surface area contributed by atoms with Crippen molar-refractivity contribution < 1.29 is 31.2 Å². The number of carbonyl (C=O) groups is 2. The number of nitrogens with one attached hydrogen (secondary N) is 1. The molecule has 1 N–H and O–H groups in total. The van der Waals surface area contributed by atoms with Gasteiger partial charge in [0.15, 0.2) is 0 Å². The monoisotopic (exact) mass is 570 g/mol. The van der Waals surface area contributed by atoms with Gasteiger partial charge in [-0.3, -0.25) is 14.5 Å². The Hall–Kier alpha value is -3.29. The van der Waals surface area contributed by atoms with Crippen molar-refractivity contribution in [2.24, 2.45) is 0 Å². The summed E-state index contributed by atoms with van der Waals surface area (Å²) in [6, 6.07) is 10.3. The second-order valence-corrected chi connectivity index (χ2v) is 11.2. The lowest BCUT2D eigenvalue weighted by Gasteiger charge is -2.21. The number of carbonyl (C=O) groups excluding carboxylic acids is 2. The molecule has 1 saturated heterocycles. The van der Waals surface area contributed by atoms with Crippen molar-refractivity contribution >= 4 is 56.7 Å². The number of aromatic nitrogens is 1. The molecule has 2 aromatic carbocycles. The fourth-order valence-electron chi connectivity index (χ4n) is 3.60. The smallest absolute Gasteiger partial charge is 0.308 e. The predicted octanol–water partition coefficient (Wildman–Crippen LogP) is 5.51. The molecular formula is C23H18ClF3N4O4S2. The van der Waals surface area contributed by atoms with Gasteiger partial charge in [-0.05, 0) is 78.8 Å². The number of amides is 3. The van der Waals surface area contributed by atoms with Gasteiger partial charge in [0, 0.05) is 16.1 Å². The molecule has 0 saturated carbocycles. The topological polar surface area (TPSA) is 99.7 Å². The summed E-state index contributed by atoms with van der Waals surface area (Å²) in [5.74, 6) is -0.571. The fraction of sp³-hybridized carbons (Fsp3) is 0.174. The number of nitrogens with zero attached hydrogens (tertiary/aromatic N) is 3. The van der Waals surface area contributed by atoms with Crippen molar-refractivity contribution in [2.75, 3.05) is 9.62 Å². The van der Waals surface area contributed by atoms with Gasteiger partial charge in [0.25, 0.3) is 15.9 Å². The van der Waals surface area contributed by atoms with Gasteiger partial charge in [-0.2, -0.15) is 13.2 Å². The molecule has 2 heterocycles. The second-order valence-electron chi connectivity index (χ2n) is 7.89. The molecule has 14 heteroatoms. The highest BCUT2D eigenvalue weighted by atomic mass is 35.5. The Morgan fingerprint density at radius 2 is 1.70 bits per heavy atom. The molecule has 3 aromatic rings. The molecular weight excluding hydrogens is 553 g/mol. The lowest BCUT2D eigenvalue weighted by molar-refractivity contribution is -0.119. The van der Waals surface area contributed by atoms with Crippen LogP contribution >= 0.6 is 23.4 Å². The largest absolute Gasteiger partial charge is 0.446 e. The summed E-state index contributed by atoms with van der Waals surface area (Å²) in [4.78, 5) is 32.0. The molecule has 0 spiro atoms. The molecule has 1 aliphatic heterocycles. The molecule has 37 heavy (non-hydrogen) atoms. The summed E-state index contributed by atoms with van der Waals surface area (Å²) in [5, 5.41) is 0.366. The summed E-state index contributed by atoms with van der Waals surface area (Å²) >= 11 is 5.52. The zero-order valence-corrected chi connectivity index (χ0v) is 21.3. The number of halogens is 4. The van der Waals surface area contributed by atoms with Crippen LogP contribution in [0.3, 0.4) is 0 Å². The Bertz CT molecular complexity index is 1440. The number of pyridine rings is 1. The molecule has 8 nitrogen and oxygen atoms in total. The first-order valence-electron chi connectivity index (χ1n) is 10.6. The van der Waals surface area contributed by atoms with Crippen LogP contribution in [0.1, 0.15) is 12.5 Å². The molecule has 0 bridgehead atoms. The number of hydrogen-bond acceptors (Lipinski definition) is 6. The fourth-order valence-corrected chi connectivity index (χ4v) is 5.35. The van der Waals surface area contributed by atoms with E-state index in [2.05, 4.69) is 9.71 Å². The van der Waals surface area contributed by atoms with E-state index in [-0.39, 0.29) is 39.5 Å². The van der Waals surface area contributed by atoms with E-state index in [9.17, 15) is 31.2 Å². The van der Waals surface area contributed by atoms with E-state index in [4.69, 9.17) is 11.6 Å². The molecule has 194 valence electrons. The van der Waals surface area contributed by atoms with Gasteiger partial charge in [-0.1, -0.05) is 11.6 Å². The maximum Gasteiger partial charge on any atom is 0.446 e. The van der Waals surface area contributed by atoms with Gasteiger partial charge in [0.05, 0.1) is 29.0 Å². The van der Waals surface area contributed by atoms with Crippen LogP contribution in [-0.2, 0) is 21.4 Å². The quantitative estimate of drug-likeness (QED) is 0.297. The Balaban J connectivity index is 1.55. The molecule has 1 atom stereocenters. The number of hydrogen-bond donors (Lipinski definition) is 1. The number of urea groups is 1. The Morgan fingerprint density at radius 3 is 2.32 bits per heavy atom. The van der Waals surface area contributed by atoms with Crippen LogP contribution in [0.2, 0.25) is 5.02 Å². The first kappa shape index (κ1) is 26.8. The third-order valence-electron chi connectivity index (χ3n) is 5.43. The standard InChI is InChI=1S/C23H18ClF3N4O4S2/c1-14-21(32)31(17-4-6-18(7-5-17)36-23(25,26)27)22(33)30(14)13-15-10-11-28-12-20(15)29-37(34,35)19-8-2-16(24)3-9-19/h2-12,14,29H,13H2,1H3. The van der Waals surface area contributed by atoms with Gasteiger partial charge >= 0.3 is 11.5 Å². The van der Waals surface area contributed by atoms with Crippen LogP contribution < -0.4 is 9.62 Å². The molecule has 0 radical (unpaired) electrons. The van der Waals surface area contributed by atoms with E-state index in [0.717, 1.165) is 4.90 Å². The Morgan fingerprint density at radius 1 is 1.05 bits per heavy atom. The van der Waals surface area contributed by atoms with Crippen molar-refractivity contribution in [1.29, 1.82) is 0 Å². The van der Waals surface area contributed by atoms with Crippen LogP contribution in [0.15, 0.2) is 76.8 Å². The first-order valence-corrected chi connectivity index (χ1v) is 13.2. The second kappa shape index (κ2) is 10.2. The molecule has 1 aliphatic rings. The van der Waals surface area contributed by atoms with Gasteiger partial charge in [-0.25, -0.2) is 18.1 Å². The normalized spacial score (nSPS) is 16.4. The van der Waals surface area contributed by atoms with Crippen LogP contribution in [0.5, 0.6) is 0 Å². The lowest BCUT2D eigenvalue weighted by Crippen LogP contribution is -2.33. The van der Waals surface area contributed by atoms with Gasteiger partial charge in [0.1, 0.15) is 6.04 Å². The average Bonchev–Trinajstić information content (AvgIpc) is 3.03. The van der Waals surface area contributed by atoms with E-state index >= 15 is 0 Å². The van der Waals surface area contributed by atoms with Crippen molar-refractivity contribution in [3.05, 3.63) is 77.6 Å². The highest BCUT2D eigenvalue weighted by Crippen LogP contribution is 2.38. The number of rotatable bonds is 7. The number of sulfonamides is 1. The average molecular weight is 571 g/mol. The lowest BCUT2D eigenvalue weighted by atomic mass is 10.2. The minimum absolute atomic E-state index is 0.0363. The van der Waals surface area contributed by atoms with Crippen LogP contribution in [0, 0.1) is 0 Å². The van der Waals surface area contributed by atoms with Crippen molar-refractivity contribution in [3.8, 4) is 0 Å². The Kier molecular flexibility index (Phi) is 7.40. The molecule has 1 unspecified atom stereocenters. The van der Waals surface area contributed by atoms with Crippen molar-refractivity contribution in [2.45, 2.75) is 34.8 Å². The summed E-state index contributed by atoms with van der Waals surface area (Å²) in [5.41, 5.74) is -3.87. The van der Waals surface area contributed by atoms with Crippen LogP contribution in [0.25, 0.3) is 0 Å². The number of thioether (sulfide) groups is 1. The van der Waals surface area contributed by atoms with E-state index in [1.807, 2.05) is 0 Å². The van der Waals surface area contributed by atoms with E-state index < -0.39 is 33.5 Å². The van der Waals surface area contributed by atoms with E-state index in [1.165, 1.54) is 78.8 Å². The highest BCUT2D eigenvalue weighted by molar-refractivity contribution is 8.00. The summed E-state index contributed by atoms with van der Waals surface area (Å²) in [7, 11) is -4.01. The number of alkyl halides is 3. The summed E-state index contributed by atoms with van der Waals surface area (Å²) in [6.45, 7) is 1.37. The predicted molar refractivity (Wildman–Crippen MR) is 133 cm³/mol.